The van der Waals surface area contributed by atoms with Crippen LogP contribution in [0.2, 0.25) is 0 Å². The van der Waals surface area contributed by atoms with Gasteiger partial charge >= 0.3 is 5.97 Å². The second-order valence-corrected chi connectivity index (χ2v) is 5.86. The maximum atomic E-state index is 11.1. The summed E-state index contributed by atoms with van der Waals surface area (Å²) in [5, 5.41) is 12.3. The molecule has 0 bridgehead atoms. The lowest BCUT2D eigenvalue weighted by Crippen LogP contribution is -2.33. The van der Waals surface area contributed by atoms with E-state index < -0.39 is 12.0 Å². The summed E-state index contributed by atoms with van der Waals surface area (Å²) < 4.78 is 0. The number of aliphatic carboxylic acids is 1. The Morgan fingerprint density at radius 1 is 1.10 bits per heavy atom. The van der Waals surface area contributed by atoms with Crippen molar-refractivity contribution in [3.8, 4) is 11.1 Å². The largest absolute Gasteiger partial charge is 0.480 e. The van der Waals surface area contributed by atoms with Gasteiger partial charge in [0.25, 0.3) is 0 Å². The third kappa shape index (κ3) is 2.57. The molecular formula is C16H15NO2S. The first-order chi connectivity index (χ1) is 9.75. The number of carboxylic acids is 1. The molecule has 0 aromatic heterocycles. The van der Waals surface area contributed by atoms with Gasteiger partial charge in [-0.15, -0.1) is 11.8 Å². The van der Waals surface area contributed by atoms with Crippen LogP contribution in [0.5, 0.6) is 0 Å². The zero-order valence-electron chi connectivity index (χ0n) is 10.8. The Bertz CT molecular complexity index is 615. The van der Waals surface area contributed by atoms with Gasteiger partial charge in [0.1, 0.15) is 6.04 Å². The highest BCUT2D eigenvalue weighted by Crippen LogP contribution is 2.38. The summed E-state index contributed by atoms with van der Waals surface area (Å²) in [6, 6.07) is 17.9. The van der Waals surface area contributed by atoms with E-state index >= 15 is 0 Å². The molecule has 1 heterocycles. The number of benzene rings is 2. The lowest BCUT2D eigenvalue weighted by molar-refractivity contribution is -0.138. The van der Waals surface area contributed by atoms with Crippen molar-refractivity contribution in [1.82, 2.24) is 5.32 Å². The number of hydrogen-bond acceptors (Lipinski definition) is 3. The Balaban J connectivity index is 1.94. The fourth-order valence-electron chi connectivity index (χ4n) is 2.40. The van der Waals surface area contributed by atoms with Gasteiger partial charge in [-0.25, -0.2) is 0 Å². The maximum Gasteiger partial charge on any atom is 0.321 e. The lowest BCUT2D eigenvalue weighted by Gasteiger charge is -2.16. The minimum Gasteiger partial charge on any atom is -0.480 e. The van der Waals surface area contributed by atoms with Crippen LogP contribution in [0.3, 0.4) is 0 Å². The molecule has 3 nitrogen and oxygen atoms in total. The van der Waals surface area contributed by atoms with Crippen molar-refractivity contribution >= 4 is 17.7 Å². The van der Waals surface area contributed by atoms with E-state index in [1.165, 1.54) is 0 Å². The Morgan fingerprint density at radius 2 is 1.80 bits per heavy atom. The molecule has 0 amide bonds. The molecule has 4 heteroatoms. The predicted octanol–water partition coefficient (Wildman–Crippen LogP) is 3.14. The van der Waals surface area contributed by atoms with Gasteiger partial charge in [0, 0.05) is 5.75 Å². The van der Waals surface area contributed by atoms with Crippen LogP contribution in [0.4, 0.5) is 0 Å². The molecule has 0 saturated carbocycles. The third-order valence-corrected chi connectivity index (χ3v) is 4.66. The highest BCUT2D eigenvalue weighted by atomic mass is 32.2. The first-order valence-corrected chi connectivity index (χ1v) is 7.55. The molecule has 1 unspecified atom stereocenters. The highest BCUT2D eigenvalue weighted by molar-refractivity contribution is 7.99. The average Bonchev–Trinajstić information content (AvgIpc) is 2.98. The number of thioether (sulfide) groups is 1. The van der Waals surface area contributed by atoms with Crippen molar-refractivity contribution in [3.63, 3.8) is 0 Å². The second kappa shape index (κ2) is 5.69. The van der Waals surface area contributed by atoms with Crippen molar-refractivity contribution < 1.29 is 9.90 Å². The van der Waals surface area contributed by atoms with E-state index in [1.807, 2.05) is 30.3 Å². The molecule has 1 aliphatic rings. The number of carbonyl (C=O) groups is 1. The van der Waals surface area contributed by atoms with Gasteiger partial charge in [0.2, 0.25) is 0 Å². The molecule has 2 atom stereocenters. The molecule has 2 N–H and O–H groups in total. The smallest absolute Gasteiger partial charge is 0.321 e. The normalized spacial score (nSPS) is 21.8. The van der Waals surface area contributed by atoms with Gasteiger partial charge in [-0.05, 0) is 16.7 Å². The van der Waals surface area contributed by atoms with Crippen LogP contribution in [0.25, 0.3) is 11.1 Å². The number of nitrogens with one attached hydrogen (secondary N) is 1. The molecule has 2 aromatic carbocycles. The van der Waals surface area contributed by atoms with Crippen LogP contribution < -0.4 is 5.32 Å². The van der Waals surface area contributed by atoms with Gasteiger partial charge in [-0.1, -0.05) is 54.6 Å². The Labute approximate surface area is 122 Å². The summed E-state index contributed by atoms with van der Waals surface area (Å²) in [7, 11) is 0. The van der Waals surface area contributed by atoms with E-state index in [0.717, 1.165) is 16.7 Å². The van der Waals surface area contributed by atoms with E-state index in [0.29, 0.717) is 5.75 Å². The topological polar surface area (TPSA) is 49.3 Å². The van der Waals surface area contributed by atoms with E-state index in [4.69, 9.17) is 5.11 Å². The Kier molecular flexibility index (Phi) is 3.76. The summed E-state index contributed by atoms with van der Waals surface area (Å²) in [6.45, 7) is 0. The van der Waals surface area contributed by atoms with Crippen molar-refractivity contribution in [1.29, 1.82) is 0 Å². The number of rotatable bonds is 3. The van der Waals surface area contributed by atoms with E-state index in [-0.39, 0.29) is 5.37 Å². The number of hydrogen-bond donors (Lipinski definition) is 2. The summed E-state index contributed by atoms with van der Waals surface area (Å²) in [5.74, 6) is -0.180. The molecule has 0 spiro atoms. The molecule has 2 aromatic rings. The van der Waals surface area contributed by atoms with Crippen LogP contribution in [0, 0.1) is 0 Å². The average molecular weight is 285 g/mol. The van der Waals surface area contributed by atoms with E-state index in [9.17, 15) is 4.79 Å². The van der Waals surface area contributed by atoms with Gasteiger partial charge in [-0.2, -0.15) is 0 Å². The summed E-state index contributed by atoms with van der Waals surface area (Å²) in [4.78, 5) is 11.1. The first kappa shape index (κ1) is 13.2. The minimum atomic E-state index is -0.780. The van der Waals surface area contributed by atoms with Gasteiger partial charge in [0.05, 0.1) is 5.37 Å². The molecule has 1 fully saturated rings. The van der Waals surface area contributed by atoms with Crippen LogP contribution >= 0.6 is 11.8 Å². The molecular weight excluding hydrogens is 270 g/mol. The lowest BCUT2D eigenvalue weighted by atomic mass is 9.99. The predicted molar refractivity (Wildman–Crippen MR) is 81.6 cm³/mol. The van der Waals surface area contributed by atoms with Crippen molar-refractivity contribution in [2.24, 2.45) is 0 Å². The molecule has 0 radical (unpaired) electrons. The fraction of sp³-hybridized carbons (Fsp3) is 0.188. The molecule has 1 saturated heterocycles. The second-order valence-electron chi connectivity index (χ2n) is 4.72. The van der Waals surface area contributed by atoms with Crippen molar-refractivity contribution in [2.45, 2.75) is 11.4 Å². The highest BCUT2D eigenvalue weighted by Gasteiger charge is 2.31. The summed E-state index contributed by atoms with van der Waals surface area (Å²) >= 11 is 1.65. The molecule has 102 valence electrons. The zero-order chi connectivity index (χ0) is 13.9. The number of carboxylic acid groups (broad SMARTS) is 1. The maximum absolute atomic E-state index is 11.1. The van der Waals surface area contributed by atoms with E-state index in [1.54, 1.807) is 11.8 Å². The van der Waals surface area contributed by atoms with E-state index in [2.05, 4.69) is 29.6 Å². The summed E-state index contributed by atoms with van der Waals surface area (Å²) in [5.41, 5.74) is 3.46. The Morgan fingerprint density at radius 3 is 2.50 bits per heavy atom. The fourth-order valence-corrected chi connectivity index (χ4v) is 3.67. The van der Waals surface area contributed by atoms with Crippen molar-refractivity contribution in [2.75, 3.05) is 5.75 Å². The Hall–Kier alpha value is -1.78. The molecule has 0 aliphatic carbocycles. The monoisotopic (exact) mass is 285 g/mol. The van der Waals surface area contributed by atoms with Crippen molar-refractivity contribution in [3.05, 3.63) is 60.2 Å². The minimum absolute atomic E-state index is 0.0347. The van der Waals surface area contributed by atoms with Gasteiger partial charge < -0.3 is 5.11 Å². The molecule has 1 aliphatic heterocycles. The standard InChI is InChI=1S/C16H15NO2S/c18-16(19)14-10-20-15(17-14)13-9-5-4-8-12(13)11-6-2-1-3-7-11/h1-9,14-15,17H,10H2,(H,18,19)/t14-,15?/m0/s1. The SMILES string of the molecule is O=C(O)[C@@H]1CSC(c2ccccc2-c2ccccc2)N1. The summed E-state index contributed by atoms with van der Waals surface area (Å²) in [6.07, 6.45) is 0. The third-order valence-electron chi connectivity index (χ3n) is 3.41. The van der Waals surface area contributed by atoms with Crippen LogP contribution in [0.15, 0.2) is 54.6 Å². The molecule has 20 heavy (non-hydrogen) atoms. The zero-order valence-corrected chi connectivity index (χ0v) is 11.6. The van der Waals surface area contributed by atoms with Gasteiger partial charge in [0.15, 0.2) is 0 Å². The van der Waals surface area contributed by atoms with Crippen LogP contribution in [-0.2, 0) is 4.79 Å². The van der Waals surface area contributed by atoms with Crippen LogP contribution in [0.1, 0.15) is 10.9 Å². The van der Waals surface area contributed by atoms with Gasteiger partial charge in [-0.3, -0.25) is 10.1 Å². The van der Waals surface area contributed by atoms with Crippen LogP contribution in [-0.4, -0.2) is 22.9 Å². The quantitative estimate of drug-likeness (QED) is 0.909. The molecule has 3 rings (SSSR count). The first-order valence-electron chi connectivity index (χ1n) is 6.50.